The van der Waals surface area contributed by atoms with Gasteiger partial charge in [-0.05, 0) is 99.0 Å². The summed E-state index contributed by atoms with van der Waals surface area (Å²) in [6.07, 6.45) is 15.8. The van der Waals surface area contributed by atoms with Gasteiger partial charge in [0.05, 0.1) is 25.2 Å². The summed E-state index contributed by atoms with van der Waals surface area (Å²) in [5.74, 6) is 1.91. The zero-order chi connectivity index (χ0) is 26.1. The second kappa shape index (κ2) is 10.6. The van der Waals surface area contributed by atoms with Crippen LogP contribution >= 0.6 is 0 Å². The highest BCUT2D eigenvalue weighted by molar-refractivity contribution is 5.87. The van der Waals surface area contributed by atoms with Gasteiger partial charge in [-0.1, -0.05) is 19.1 Å². The van der Waals surface area contributed by atoms with Gasteiger partial charge >= 0.3 is 0 Å². The van der Waals surface area contributed by atoms with E-state index >= 15 is 0 Å². The number of rotatable bonds is 7. The average Bonchev–Trinajstić information content (AvgIpc) is 3.79. The fourth-order valence-electron chi connectivity index (χ4n) is 5.79. The molecule has 7 nitrogen and oxygen atoms in total. The Hall–Kier alpha value is -3.71. The minimum Gasteiger partial charge on any atom is -0.480 e. The van der Waals surface area contributed by atoms with E-state index in [9.17, 15) is 0 Å². The maximum Gasteiger partial charge on any atom is 0.232 e. The van der Waals surface area contributed by atoms with E-state index in [1.165, 1.54) is 49.9 Å². The van der Waals surface area contributed by atoms with E-state index in [0.717, 1.165) is 46.5 Å². The number of aryl methyl sites for hydroxylation is 1. The van der Waals surface area contributed by atoms with E-state index in [1.54, 1.807) is 19.5 Å². The minimum atomic E-state index is 0.467. The van der Waals surface area contributed by atoms with Gasteiger partial charge < -0.3 is 20.3 Å². The largest absolute Gasteiger partial charge is 0.480 e. The molecule has 7 heteroatoms. The molecule has 196 valence electrons. The molecule has 38 heavy (non-hydrogen) atoms. The van der Waals surface area contributed by atoms with Gasteiger partial charge in [0, 0.05) is 29.2 Å². The highest BCUT2D eigenvalue weighted by Gasteiger charge is 2.32. The van der Waals surface area contributed by atoms with E-state index in [-0.39, 0.29) is 0 Å². The number of hydrogen-bond acceptors (Lipinski definition) is 7. The number of methoxy groups -OCH3 is 1. The van der Waals surface area contributed by atoms with Crippen molar-refractivity contribution < 1.29 is 4.74 Å². The van der Waals surface area contributed by atoms with Crippen molar-refractivity contribution in [3.63, 3.8) is 0 Å². The van der Waals surface area contributed by atoms with Crippen LogP contribution in [0.3, 0.4) is 0 Å². The lowest BCUT2D eigenvalue weighted by Crippen LogP contribution is -2.34. The maximum absolute atomic E-state index is 5.31. The minimum absolute atomic E-state index is 0.467. The number of allylic oxidation sites excluding steroid dienone is 1. The Labute approximate surface area is 225 Å². The summed E-state index contributed by atoms with van der Waals surface area (Å²) in [6, 6.07) is 9.73. The molecular weight excluding hydrogens is 472 g/mol. The number of fused-ring (bicyclic) bond motifs is 1. The summed E-state index contributed by atoms with van der Waals surface area (Å²) in [5.41, 5.74) is 8.47. The Morgan fingerprint density at radius 1 is 1.08 bits per heavy atom. The molecule has 1 aliphatic carbocycles. The molecule has 2 aliphatic heterocycles. The van der Waals surface area contributed by atoms with Crippen LogP contribution in [0.1, 0.15) is 67.2 Å². The fraction of sp³-hybridized carbons (Fsp3) is 0.387. The Bertz CT molecular complexity index is 1390. The third-order valence-electron chi connectivity index (χ3n) is 7.88. The first-order valence-corrected chi connectivity index (χ1v) is 13.8. The van der Waals surface area contributed by atoms with Crippen LogP contribution in [0.15, 0.2) is 48.9 Å². The van der Waals surface area contributed by atoms with E-state index < -0.39 is 0 Å². The van der Waals surface area contributed by atoms with Crippen LogP contribution < -0.4 is 15.4 Å². The monoisotopic (exact) mass is 508 g/mol. The van der Waals surface area contributed by atoms with Crippen LogP contribution in [0.4, 0.5) is 11.5 Å². The van der Waals surface area contributed by atoms with Crippen LogP contribution in [-0.4, -0.2) is 46.1 Å². The fourth-order valence-corrected chi connectivity index (χ4v) is 5.79. The third-order valence-corrected chi connectivity index (χ3v) is 7.88. The van der Waals surface area contributed by atoms with Crippen molar-refractivity contribution >= 4 is 23.3 Å². The molecule has 3 aromatic rings. The number of hydrogen-bond donors (Lipinski definition) is 2. The predicted molar refractivity (Wildman–Crippen MR) is 153 cm³/mol. The Kier molecular flexibility index (Phi) is 6.85. The molecule has 2 fully saturated rings. The van der Waals surface area contributed by atoms with Gasteiger partial charge in [-0.15, -0.1) is 0 Å². The standard InChI is InChI=1S/C31H36N6O/c1-4-5-26-30-22(10-13-33-26)17-27(28-18-32-19-29(35-28)38-3)36-31(30)34-23-6-9-25(20(2)16-23)21-11-14-37(15-12-21)24-7-8-24/h5-6,9-10,13,16-19,21,24,33H,4,7-8,11-12,14-15H2,1-3H3,(H,34,36)/b26-5-. The average molecular weight is 509 g/mol. The number of ether oxygens (including phenoxy) is 1. The first-order valence-electron chi connectivity index (χ1n) is 13.8. The second-order valence-electron chi connectivity index (χ2n) is 10.5. The molecular formula is C31H36N6O. The summed E-state index contributed by atoms with van der Waals surface area (Å²) in [6.45, 7) is 6.85. The molecule has 2 aromatic heterocycles. The van der Waals surface area contributed by atoms with Gasteiger partial charge in [0.15, 0.2) is 0 Å². The van der Waals surface area contributed by atoms with Gasteiger partial charge in [-0.2, -0.15) is 0 Å². The van der Waals surface area contributed by atoms with Crippen LogP contribution in [0.2, 0.25) is 0 Å². The van der Waals surface area contributed by atoms with Crippen LogP contribution in [0.25, 0.3) is 23.2 Å². The molecule has 0 amide bonds. The second-order valence-corrected chi connectivity index (χ2v) is 10.5. The molecule has 3 aliphatic rings. The summed E-state index contributed by atoms with van der Waals surface area (Å²) in [4.78, 5) is 16.6. The molecule has 0 atom stereocenters. The first kappa shape index (κ1) is 24.6. The number of benzene rings is 1. The maximum atomic E-state index is 5.31. The van der Waals surface area contributed by atoms with Gasteiger partial charge in [-0.25, -0.2) is 9.97 Å². The Morgan fingerprint density at radius 3 is 2.66 bits per heavy atom. The summed E-state index contributed by atoms with van der Waals surface area (Å²) in [5, 5.41) is 7.05. The molecule has 0 bridgehead atoms. The summed E-state index contributed by atoms with van der Waals surface area (Å²) < 4.78 is 5.31. The van der Waals surface area contributed by atoms with E-state index in [1.807, 2.05) is 6.20 Å². The van der Waals surface area contributed by atoms with Crippen molar-refractivity contribution in [2.45, 2.75) is 57.9 Å². The number of pyridine rings is 1. The molecule has 0 spiro atoms. The SMILES string of the molecule is CC/C=C1\NC=Cc2cc(-c3cncc(OC)n3)nc(Nc3ccc(C4CCN(C5CC5)CC4)c(C)c3)c21. The summed E-state index contributed by atoms with van der Waals surface area (Å²) in [7, 11) is 1.60. The number of nitrogens with one attached hydrogen (secondary N) is 2. The first-order chi connectivity index (χ1) is 18.6. The normalized spacial score (nSPS) is 18.8. The lowest BCUT2D eigenvalue weighted by atomic mass is 9.86. The predicted octanol–water partition coefficient (Wildman–Crippen LogP) is 6.27. The molecule has 0 radical (unpaired) electrons. The van der Waals surface area contributed by atoms with E-state index in [0.29, 0.717) is 17.5 Å². The lowest BCUT2D eigenvalue weighted by Gasteiger charge is -2.33. The van der Waals surface area contributed by atoms with E-state index in [4.69, 9.17) is 9.72 Å². The number of piperidine rings is 1. The Balaban J connectivity index is 1.32. The zero-order valence-electron chi connectivity index (χ0n) is 22.5. The molecule has 1 saturated carbocycles. The third kappa shape index (κ3) is 5.03. The van der Waals surface area contributed by atoms with Gasteiger partial charge in [0.2, 0.25) is 5.88 Å². The van der Waals surface area contributed by atoms with Crippen molar-refractivity contribution in [3.05, 3.63) is 71.2 Å². The quantitative estimate of drug-likeness (QED) is 0.390. The number of nitrogens with zero attached hydrogens (tertiary/aromatic N) is 4. The van der Waals surface area contributed by atoms with Crippen molar-refractivity contribution in [1.82, 2.24) is 25.2 Å². The van der Waals surface area contributed by atoms with Gasteiger partial charge in [0.25, 0.3) is 0 Å². The topological polar surface area (TPSA) is 75.2 Å². The van der Waals surface area contributed by atoms with Crippen LogP contribution in [0.5, 0.6) is 5.88 Å². The van der Waals surface area contributed by atoms with Crippen LogP contribution in [-0.2, 0) is 0 Å². The van der Waals surface area contributed by atoms with Crippen molar-refractivity contribution in [3.8, 4) is 17.3 Å². The summed E-state index contributed by atoms with van der Waals surface area (Å²) >= 11 is 0. The zero-order valence-corrected chi connectivity index (χ0v) is 22.5. The molecule has 1 saturated heterocycles. The molecule has 6 rings (SSSR count). The van der Waals surface area contributed by atoms with Gasteiger partial charge in [-0.3, -0.25) is 4.98 Å². The number of anilines is 2. The lowest BCUT2D eigenvalue weighted by molar-refractivity contribution is 0.203. The van der Waals surface area contributed by atoms with Crippen molar-refractivity contribution in [2.75, 3.05) is 25.5 Å². The highest BCUT2D eigenvalue weighted by Crippen LogP contribution is 2.38. The van der Waals surface area contributed by atoms with Crippen molar-refractivity contribution in [2.24, 2.45) is 0 Å². The molecule has 2 N–H and O–H groups in total. The molecule has 4 heterocycles. The van der Waals surface area contributed by atoms with E-state index in [2.05, 4.69) is 75.8 Å². The van der Waals surface area contributed by atoms with Gasteiger partial charge in [0.1, 0.15) is 11.5 Å². The number of likely N-dealkylation sites (tertiary alicyclic amines) is 1. The van der Waals surface area contributed by atoms with Crippen LogP contribution in [0, 0.1) is 6.92 Å². The smallest absolute Gasteiger partial charge is 0.232 e. The molecule has 1 aromatic carbocycles. The van der Waals surface area contributed by atoms with Crippen molar-refractivity contribution in [1.29, 1.82) is 0 Å². The molecule has 0 unspecified atom stereocenters. The Morgan fingerprint density at radius 2 is 1.92 bits per heavy atom. The highest BCUT2D eigenvalue weighted by atomic mass is 16.5. The number of aromatic nitrogens is 3.